The molecule has 5 heteroatoms. The predicted octanol–water partition coefficient (Wildman–Crippen LogP) is 4.45. The summed E-state index contributed by atoms with van der Waals surface area (Å²) < 4.78 is 5.65. The highest BCUT2D eigenvalue weighted by molar-refractivity contribution is 7.10. The molecule has 0 radical (unpaired) electrons. The molecule has 0 amide bonds. The molecule has 2 aromatic heterocycles. The van der Waals surface area contributed by atoms with E-state index in [0.717, 1.165) is 25.3 Å². The lowest BCUT2D eigenvalue weighted by Gasteiger charge is -2.33. The topological polar surface area (TPSA) is 38.2 Å². The fourth-order valence-electron chi connectivity index (χ4n) is 3.12. The normalized spacial score (nSPS) is 17.5. The SMILES string of the molecule is CC1c2ccsc2CCN1Cc1ccc(Oc2ncccn2)cc1. The maximum atomic E-state index is 5.65. The molecule has 4 nitrogen and oxygen atoms in total. The highest BCUT2D eigenvalue weighted by atomic mass is 32.1. The van der Waals surface area contributed by atoms with Gasteiger partial charge in [-0.2, -0.15) is 0 Å². The zero-order valence-electron chi connectivity index (χ0n) is 13.6. The van der Waals surface area contributed by atoms with E-state index in [1.54, 1.807) is 23.3 Å². The zero-order chi connectivity index (χ0) is 16.4. The van der Waals surface area contributed by atoms with Gasteiger partial charge in [0.2, 0.25) is 0 Å². The fourth-order valence-corrected chi connectivity index (χ4v) is 4.08. The van der Waals surface area contributed by atoms with Gasteiger partial charge in [0, 0.05) is 36.4 Å². The van der Waals surface area contributed by atoms with Crippen LogP contribution in [0.5, 0.6) is 11.8 Å². The number of ether oxygens (including phenoxy) is 1. The highest BCUT2D eigenvalue weighted by Gasteiger charge is 2.24. The molecule has 3 aromatic rings. The van der Waals surface area contributed by atoms with Crippen LogP contribution in [0.25, 0.3) is 0 Å². The van der Waals surface area contributed by atoms with Crippen molar-refractivity contribution in [2.75, 3.05) is 6.54 Å². The van der Waals surface area contributed by atoms with Gasteiger partial charge in [0.25, 0.3) is 0 Å². The van der Waals surface area contributed by atoms with Crippen molar-refractivity contribution in [1.82, 2.24) is 14.9 Å². The lowest BCUT2D eigenvalue weighted by atomic mass is 10.0. The van der Waals surface area contributed by atoms with Crippen LogP contribution in [0.1, 0.15) is 29.0 Å². The Hall–Kier alpha value is -2.24. The Kier molecular flexibility index (Phi) is 4.28. The van der Waals surface area contributed by atoms with E-state index in [9.17, 15) is 0 Å². The van der Waals surface area contributed by atoms with Crippen LogP contribution in [0.4, 0.5) is 0 Å². The summed E-state index contributed by atoms with van der Waals surface area (Å²) in [5, 5.41) is 2.21. The van der Waals surface area contributed by atoms with E-state index in [0.29, 0.717) is 12.1 Å². The fraction of sp³-hybridized carbons (Fsp3) is 0.263. The second-order valence-corrected chi connectivity index (χ2v) is 6.97. The predicted molar refractivity (Wildman–Crippen MR) is 95.4 cm³/mol. The quantitative estimate of drug-likeness (QED) is 0.705. The average molecular weight is 337 g/mol. The highest BCUT2D eigenvalue weighted by Crippen LogP contribution is 2.33. The lowest BCUT2D eigenvalue weighted by Crippen LogP contribution is -2.32. The lowest BCUT2D eigenvalue weighted by molar-refractivity contribution is 0.191. The third kappa shape index (κ3) is 3.18. The van der Waals surface area contributed by atoms with Crippen molar-refractivity contribution in [3.05, 3.63) is 70.2 Å². The van der Waals surface area contributed by atoms with Gasteiger partial charge in [0.15, 0.2) is 0 Å². The molecule has 1 aliphatic heterocycles. The summed E-state index contributed by atoms with van der Waals surface area (Å²) in [7, 11) is 0. The maximum absolute atomic E-state index is 5.65. The Labute approximate surface area is 145 Å². The van der Waals surface area contributed by atoms with Crippen molar-refractivity contribution in [2.45, 2.75) is 25.9 Å². The molecule has 0 aliphatic carbocycles. The van der Waals surface area contributed by atoms with Gasteiger partial charge >= 0.3 is 6.01 Å². The molecule has 1 aliphatic rings. The van der Waals surface area contributed by atoms with Crippen LogP contribution >= 0.6 is 11.3 Å². The first-order valence-corrected chi connectivity index (χ1v) is 9.02. The van der Waals surface area contributed by atoms with Crippen molar-refractivity contribution in [1.29, 1.82) is 0 Å². The summed E-state index contributed by atoms with van der Waals surface area (Å²) in [6.45, 7) is 4.37. The molecule has 0 saturated carbocycles. The Bertz CT molecular complexity index is 801. The number of rotatable bonds is 4. The van der Waals surface area contributed by atoms with Crippen molar-refractivity contribution < 1.29 is 4.74 Å². The van der Waals surface area contributed by atoms with Gasteiger partial charge in [-0.25, -0.2) is 9.97 Å². The smallest absolute Gasteiger partial charge is 0.321 e. The van der Waals surface area contributed by atoms with E-state index in [2.05, 4.69) is 45.4 Å². The Balaban J connectivity index is 1.43. The molecule has 0 saturated heterocycles. The summed E-state index contributed by atoms with van der Waals surface area (Å²) in [6.07, 6.45) is 4.50. The maximum Gasteiger partial charge on any atom is 0.321 e. The third-order valence-corrected chi connectivity index (χ3v) is 5.46. The molecule has 0 bridgehead atoms. The van der Waals surface area contributed by atoms with Gasteiger partial charge in [-0.05, 0) is 54.1 Å². The van der Waals surface area contributed by atoms with Crippen LogP contribution < -0.4 is 4.74 Å². The number of hydrogen-bond acceptors (Lipinski definition) is 5. The summed E-state index contributed by atoms with van der Waals surface area (Å²) in [4.78, 5) is 12.2. The molecule has 4 rings (SSSR count). The first kappa shape index (κ1) is 15.3. The standard InChI is InChI=1S/C19H19N3OS/c1-14-17-8-12-24-18(17)7-11-22(14)13-15-3-5-16(6-4-15)23-19-20-9-2-10-21-19/h2-6,8-10,12,14H,7,11,13H2,1H3. The van der Waals surface area contributed by atoms with Crippen molar-refractivity contribution in [3.63, 3.8) is 0 Å². The minimum absolute atomic E-state index is 0.375. The number of benzene rings is 1. The van der Waals surface area contributed by atoms with Crippen LogP contribution in [0.15, 0.2) is 54.2 Å². The molecule has 1 atom stereocenters. The number of hydrogen-bond donors (Lipinski definition) is 0. The van der Waals surface area contributed by atoms with E-state index in [4.69, 9.17) is 4.74 Å². The van der Waals surface area contributed by atoms with Crippen LogP contribution in [-0.4, -0.2) is 21.4 Å². The average Bonchev–Trinajstić information content (AvgIpc) is 3.10. The van der Waals surface area contributed by atoms with Gasteiger partial charge < -0.3 is 4.74 Å². The molecule has 0 N–H and O–H groups in total. The van der Waals surface area contributed by atoms with E-state index < -0.39 is 0 Å². The van der Waals surface area contributed by atoms with Crippen molar-refractivity contribution in [3.8, 4) is 11.8 Å². The minimum Gasteiger partial charge on any atom is -0.424 e. The molecular weight excluding hydrogens is 318 g/mol. The Morgan fingerprint density at radius 3 is 2.75 bits per heavy atom. The number of fused-ring (bicyclic) bond motifs is 1. The van der Waals surface area contributed by atoms with Gasteiger partial charge in [-0.1, -0.05) is 12.1 Å². The molecule has 1 aromatic carbocycles. The van der Waals surface area contributed by atoms with E-state index in [1.165, 1.54) is 11.1 Å². The Morgan fingerprint density at radius 2 is 1.96 bits per heavy atom. The second-order valence-electron chi connectivity index (χ2n) is 5.97. The summed E-state index contributed by atoms with van der Waals surface area (Å²) >= 11 is 1.89. The van der Waals surface area contributed by atoms with Crippen LogP contribution in [0.2, 0.25) is 0 Å². The summed E-state index contributed by atoms with van der Waals surface area (Å²) in [5.74, 6) is 0.761. The zero-order valence-corrected chi connectivity index (χ0v) is 14.4. The van der Waals surface area contributed by atoms with Crippen LogP contribution in [-0.2, 0) is 13.0 Å². The second kappa shape index (κ2) is 6.71. The first-order valence-electron chi connectivity index (χ1n) is 8.14. The molecule has 0 fully saturated rings. The molecule has 1 unspecified atom stereocenters. The minimum atomic E-state index is 0.375. The number of aromatic nitrogens is 2. The number of nitrogens with zero attached hydrogens (tertiary/aromatic N) is 3. The summed E-state index contributed by atoms with van der Waals surface area (Å²) in [6, 6.07) is 13.1. The molecule has 122 valence electrons. The van der Waals surface area contributed by atoms with Gasteiger partial charge in [0.05, 0.1) is 0 Å². The van der Waals surface area contributed by atoms with Crippen LogP contribution in [0.3, 0.4) is 0 Å². The van der Waals surface area contributed by atoms with Gasteiger partial charge in [-0.15, -0.1) is 11.3 Å². The van der Waals surface area contributed by atoms with Gasteiger partial charge in [-0.3, -0.25) is 4.90 Å². The van der Waals surface area contributed by atoms with E-state index in [1.807, 2.05) is 23.5 Å². The molecule has 3 heterocycles. The number of thiophene rings is 1. The van der Waals surface area contributed by atoms with Gasteiger partial charge in [0.1, 0.15) is 5.75 Å². The Morgan fingerprint density at radius 1 is 1.17 bits per heavy atom. The largest absolute Gasteiger partial charge is 0.424 e. The molecule has 24 heavy (non-hydrogen) atoms. The first-order chi connectivity index (χ1) is 11.8. The summed E-state index contributed by atoms with van der Waals surface area (Å²) in [5.41, 5.74) is 2.79. The van der Waals surface area contributed by atoms with Crippen molar-refractivity contribution in [2.24, 2.45) is 0 Å². The van der Waals surface area contributed by atoms with Crippen molar-refractivity contribution >= 4 is 11.3 Å². The van der Waals surface area contributed by atoms with E-state index in [-0.39, 0.29) is 0 Å². The third-order valence-electron chi connectivity index (χ3n) is 4.46. The molecular formula is C19H19N3OS. The molecule has 0 spiro atoms. The van der Waals surface area contributed by atoms with E-state index >= 15 is 0 Å². The van der Waals surface area contributed by atoms with Crippen LogP contribution in [0, 0.1) is 0 Å². The monoisotopic (exact) mass is 337 g/mol.